The highest BCUT2D eigenvalue weighted by Gasteiger charge is 2.20. The van der Waals surface area contributed by atoms with E-state index in [9.17, 15) is 13.2 Å². The summed E-state index contributed by atoms with van der Waals surface area (Å²) in [5.41, 5.74) is 0. The van der Waals surface area contributed by atoms with Crippen LogP contribution in [0.5, 0.6) is 0 Å². The van der Waals surface area contributed by atoms with Gasteiger partial charge in [0.1, 0.15) is 5.01 Å². The zero-order valence-electron chi connectivity index (χ0n) is 14.5. The Morgan fingerprint density at radius 3 is 2.57 bits per heavy atom. The van der Waals surface area contributed by atoms with Crippen LogP contribution >= 0.6 is 22.9 Å². The van der Waals surface area contributed by atoms with E-state index < -0.39 is 9.84 Å². The first-order valence-electron chi connectivity index (χ1n) is 7.96. The molecule has 12 heteroatoms. The van der Waals surface area contributed by atoms with Crippen LogP contribution in [0.4, 0.5) is 10.9 Å². The maximum Gasteiger partial charge on any atom is 0.312 e. The molecule has 0 amide bonds. The van der Waals surface area contributed by atoms with Crippen LogP contribution in [0, 0.1) is 0 Å². The Morgan fingerprint density at radius 2 is 1.93 bits per heavy atom. The van der Waals surface area contributed by atoms with Crippen LogP contribution in [0.2, 0.25) is 5.02 Å². The van der Waals surface area contributed by atoms with Crippen LogP contribution in [0.25, 0.3) is 0 Å². The molecule has 3 aromatic rings. The van der Waals surface area contributed by atoms with E-state index in [1.165, 1.54) is 30.5 Å². The quantitative estimate of drug-likeness (QED) is 0.553. The van der Waals surface area contributed by atoms with Gasteiger partial charge in [-0.15, -0.1) is 10.2 Å². The van der Waals surface area contributed by atoms with Gasteiger partial charge in [-0.1, -0.05) is 22.9 Å². The lowest BCUT2D eigenvalue weighted by Crippen LogP contribution is -2.07. The zero-order chi connectivity index (χ0) is 20.1. The highest BCUT2D eigenvalue weighted by atomic mass is 35.5. The van der Waals surface area contributed by atoms with Gasteiger partial charge in [-0.25, -0.2) is 18.4 Å². The monoisotopic (exact) mass is 439 g/mol. The van der Waals surface area contributed by atoms with Gasteiger partial charge in [0, 0.05) is 5.02 Å². The molecule has 0 aliphatic carbocycles. The Labute approximate surface area is 169 Å². The molecular formula is C16H14ClN5O4S2. The molecule has 1 N–H and O–H groups in total. The van der Waals surface area contributed by atoms with Gasteiger partial charge in [-0.2, -0.15) is 0 Å². The molecule has 0 unspecified atom stereocenters. The Bertz CT molecular complexity index is 1070. The molecule has 2 heterocycles. The number of carbonyl (C=O) groups is 1. The lowest BCUT2D eigenvalue weighted by Gasteiger charge is -2.05. The van der Waals surface area contributed by atoms with E-state index in [1.807, 2.05) is 0 Å². The molecule has 0 bridgehead atoms. The largest absolute Gasteiger partial charge is 0.466 e. The van der Waals surface area contributed by atoms with E-state index in [0.717, 1.165) is 17.5 Å². The number of hydrogen-bond acceptors (Lipinski definition) is 10. The summed E-state index contributed by atoms with van der Waals surface area (Å²) in [5.74, 6) is -0.101. The molecule has 0 spiro atoms. The third-order valence-corrected chi connectivity index (χ3v) is 6.08. The van der Waals surface area contributed by atoms with Crippen molar-refractivity contribution in [2.75, 3.05) is 11.9 Å². The molecule has 0 aliphatic heterocycles. The normalized spacial score (nSPS) is 11.2. The zero-order valence-corrected chi connectivity index (χ0v) is 16.9. The number of nitrogens with zero attached hydrogens (tertiary/aromatic N) is 4. The Kier molecular flexibility index (Phi) is 6.17. The minimum Gasteiger partial charge on any atom is -0.466 e. The van der Waals surface area contributed by atoms with Crippen molar-refractivity contribution in [1.82, 2.24) is 20.2 Å². The summed E-state index contributed by atoms with van der Waals surface area (Å²) < 4.78 is 29.9. The molecule has 0 radical (unpaired) electrons. The number of sulfone groups is 1. The van der Waals surface area contributed by atoms with Crippen LogP contribution in [-0.4, -0.2) is 41.2 Å². The number of hydrogen-bond donors (Lipinski definition) is 1. The molecule has 1 aromatic carbocycles. The van der Waals surface area contributed by atoms with Gasteiger partial charge in [0.05, 0.1) is 30.3 Å². The number of esters is 1. The average molecular weight is 440 g/mol. The van der Waals surface area contributed by atoms with Gasteiger partial charge in [-0.3, -0.25) is 4.79 Å². The van der Waals surface area contributed by atoms with Crippen molar-refractivity contribution in [2.45, 2.75) is 23.3 Å². The molecular weight excluding hydrogens is 426 g/mol. The standard InChI is InChI=1S/C16H14ClN5O4S2/c1-2-26-15(23)7-13-21-22-16(27-13)20-12-8-19-14(9-18-12)28(24,25)11-5-3-10(17)4-6-11/h3-6,8-9H,2,7H2,1H3,(H,18,20,22). The highest BCUT2D eigenvalue weighted by Crippen LogP contribution is 2.23. The first-order valence-corrected chi connectivity index (χ1v) is 10.6. The molecule has 3 rings (SSSR count). The topological polar surface area (TPSA) is 124 Å². The summed E-state index contributed by atoms with van der Waals surface area (Å²) in [6.45, 7) is 2.02. The summed E-state index contributed by atoms with van der Waals surface area (Å²) >= 11 is 6.94. The van der Waals surface area contributed by atoms with Crippen molar-refractivity contribution in [1.29, 1.82) is 0 Å². The summed E-state index contributed by atoms with van der Waals surface area (Å²) in [7, 11) is -3.80. The van der Waals surface area contributed by atoms with E-state index in [4.69, 9.17) is 16.3 Å². The molecule has 0 atom stereocenters. The first-order chi connectivity index (χ1) is 13.4. The number of benzene rings is 1. The molecule has 0 aliphatic rings. The fourth-order valence-electron chi connectivity index (χ4n) is 2.07. The smallest absolute Gasteiger partial charge is 0.312 e. The number of nitrogens with one attached hydrogen (secondary N) is 1. The Balaban J connectivity index is 1.70. The van der Waals surface area contributed by atoms with Crippen LogP contribution in [0.3, 0.4) is 0 Å². The van der Waals surface area contributed by atoms with Crippen molar-refractivity contribution in [2.24, 2.45) is 0 Å². The predicted octanol–water partition coefficient (Wildman–Crippen LogP) is 2.66. The second-order valence-electron chi connectivity index (χ2n) is 5.30. The van der Waals surface area contributed by atoms with Gasteiger partial charge in [0.25, 0.3) is 0 Å². The van der Waals surface area contributed by atoms with E-state index in [-0.39, 0.29) is 28.1 Å². The molecule has 2 aromatic heterocycles. The maximum atomic E-state index is 12.5. The molecule has 0 saturated carbocycles. The van der Waals surface area contributed by atoms with Crippen molar-refractivity contribution in [3.8, 4) is 0 Å². The molecule has 0 saturated heterocycles. The van der Waals surface area contributed by atoms with Gasteiger partial charge >= 0.3 is 5.97 Å². The summed E-state index contributed by atoms with van der Waals surface area (Å²) in [6, 6.07) is 5.78. The third-order valence-electron chi connectivity index (χ3n) is 3.33. The van der Waals surface area contributed by atoms with Crippen molar-refractivity contribution in [3.05, 3.63) is 46.7 Å². The van der Waals surface area contributed by atoms with E-state index in [2.05, 4.69) is 25.5 Å². The lowest BCUT2D eigenvalue weighted by atomic mass is 10.4. The minimum atomic E-state index is -3.80. The van der Waals surface area contributed by atoms with E-state index in [0.29, 0.717) is 21.8 Å². The van der Waals surface area contributed by atoms with Crippen LogP contribution in [0.15, 0.2) is 46.6 Å². The molecule has 9 nitrogen and oxygen atoms in total. The predicted molar refractivity (Wildman–Crippen MR) is 102 cm³/mol. The molecule has 0 fully saturated rings. The summed E-state index contributed by atoms with van der Waals surface area (Å²) in [4.78, 5) is 19.5. The SMILES string of the molecule is CCOC(=O)Cc1nnc(Nc2cnc(S(=O)(=O)c3ccc(Cl)cc3)cn2)s1. The van der Waals surface area contributed by atoms with E-state index in [1.54, 1.807) is 6.92 Å². The number of rotatable bonds is 7. The summed E-state index contributed by atoms with van der Waals surface area (Å²) in [6.07, 6.45) is 2.44. The van der Waals surface area contributed by atoms with E-state index >= 15 is 0 Å². The third kappa shape index (κ3) is 4.80. The highest BCUT2D eigenvalue weighted by molar-refractivity contribution is 7.91. The van der Waals surface area contributed by atoms with Crippen LogP contribution in [0.1, 0.15) is 11.9 Å². The van der Waals surface area contributed by atoms with Gasteiger partial charge in [0.2, 0.25) is 15.0 Å². The van der Waals surface area contributed by atoms with Crippen molar-refractivity contribution < 1.29 is 17.9 Å². The molecule has 146 valence electrons. The van der Waals surface area contributed by atoms with Crippen molar-refractivity contribution in [3.63, 3.8) is 0 Å². The maximum absolute atomic E-state index is 12.5. The minimum absolute atomic E-state index is 0.0249. The second-order valence-corrected chi connectivity index (χ2v) is 8.70. The van der Waals surface area contributed by atoms with Crippen molar-refractivity contribution >= 4 is 49.7 Å². The fourth-order valence-corrected chi connectivity index (χ4v) is 4.05. The van der Waals surface area contributed by atoms with Crippen LogP contribution < -0.4 is 5.32 Å². The Hall–Kier alpha value is -2.63. The van der Waals surface area contributed by atoms with Gasteiger partial charge in [-0.05, 0) is 31.2 Å². The fraction of sp³-hybridized carbons (Fsp3) is 0.188. The second kappa shape index (κ2) is 8.59. The van der Waals surface area contributed by atoms with Gasteiger partial charge in [0.15, 0.2) is 10.8 Å². The molecule has 28 heavy (non-hydrogen) atoms. The first kappa shape index (κ1) is 20.1. The average Bonchev–Trinajstić information content (AvgIpc) is 3.09. The number of anilines is 2. The lowest BCUT2D eigenvalue weighted by molar-refractivity contribution is -0.142. The number of aromatic nitrogens is 4. The number of carbonyl (C=O) groups excluding carboxylic acids is 1. The number of ether oxygens (including phenoxy) is 1. The van der Waals surface area contributed by atoms with Crippen LogP contribution in [-0.2, 0) is 25.8 Å². The summed E-state index contributed by atoms with van der Waals surface area (Å²) in [5, 5.41) is 11.8. The Morgan fingerprint density at radius 1 is 1.18 bits per heavy atom. The number of halogens is 1. The van der Waals surface area contributed by atoms with Gasteiger partial charge < -0.3 is 10.1 Å².